The Hall–Kier alpha value is -3.23. The Balaban J connectivity index is 1.98. The second-order valence-corrected chi connectivity index (χ2v) is 6.21. The van der Waals surface area contributed by atoms with E-state index in [0.29, 0.717) is 22.6 Å². The number of urea groups is 1. The van der Waals surface area contributed by atoms with E-state index in [4.69, 9.17) is 4.74 Å². The molecule has 27 heavy (non-hydrogen) atoms. The van der Waals surface area contributed by atoms with Crippen LogP contribution in [-0.2, 0) is 19.1 Å². The molecule has 1 heterocycles. The molecule has 0 radical (unpaired) electrons. The highest BCUT2D eigenvalue weighted by Gasteiger charge is 2.44. The highest BCUT2D eigenvalue weighted by atomic mass is 16.5. The van der Waals surface area contributed by atoms with Gasteiger partial charge in [0.05, 0.1) is 11.7 Å². The number of benzene rings is 1. The molecule has 0 atom stereocenters. The summed E-state index contributed by atoms with van der Waals surface area (Å²) in [6.45, 7) is 4.79. The second kappa shape index (κ2) is 8.43. The summed E-state index contributed by atoms with van der Waals surface area (Å²) in [5, 5.41) is 2.51. The minimum atomic E-state index is -1.02. The maximum absolute atomic E-state index is 12.1. The Bertz CT molecular complexity index is 772. The number of hydrogen-bond donors (Lipinski definition) is 1. The van der Waals surface area contributed by atoms with Crippen LogP contribution >= 0.6 is 0 Å². The number of ether oxygens (including phenoxy) is 1. The van der Waals surface area contributed by atoms with Gasteiger partial charge in [-0.2, -0.15) is 0 Å². The molecule has 1 aliphatic heterocycles. The number of imide groups is 2. The van der Waals surface area contributed by atoms with Crippen LogP contribution in [0.1, 0.15) is 37.6 Å². The van der Waals surface area contributed by atoms with Gasteiger partial charge < -0.3 is 10.1 Å². The van der Waals surface area contributed by atoms with Crippen LogP contribution in [-0.4, -0.2) is 58.7 Å². The topological polar surface area (TPSA) is 113 Å². The van der Waals surface area contributed by atoms with E-state index in [0.717, 1.165) is 4.90 Å². The standard InChI is InChI=1S/C18H21N3O6/c1-4-9-20-15(23)16(24)21(18(20)26)10-14(22)19-13-7-5-12(6-8-13)17(25)27-11(2)3/h5-8,11H,4,9-10H2,1-3H3,(H,19,22). The van der Waals surface area contributed by atoms with E-state index in [-0.39, 0.29) is 12.6 Å². The van der Waals surface area contributed by atoms with Gasteiger partial charge in [0, 0.05) is 12.2 Å². The molecule has 1 aromatic carbocycles. The van der Waals surface area contributed by atoms with Crippen molar-refractivity contribution in [2.75, 3.05) is 18.4 Å². The number of rotatable bonds is 7. The van der Waals surface area contributed by atoms with Gasteiger partial charge >= 0.3 is 23.8 Å². The number of nitrogens with zero attached hydrogens (tertiary/aromatic N) is 2. The van der Waals surface area contributed by atoms with Crippen LogP contribution in [0.5, 0.6) is 0 Å². The molecule has 144 valence electrons. The van der Waals surface area contributed by atoms with Gasteiger partial charge in [0.15, 0.2) is 0 Å². The number of amides is 5. The molecular weight excluding hydrogens is 354 g/mol. The van der Waals surface area contributed by atoms with Crippen LogP contribution in [0.2, 0.25) is 0 Å². The molecule has 0 aliphatic carbocycles. The summed E-state index contributed by atoms with van der Waals surface area (Å²) < 4.78 is 5.06. The highest BCUT2D eigenvalue weighted by Crippen LogP contribution is 2.14. The summed E-state index contributed by atoms with van der Waals surface area (Å²) >= 11 is 0. The van der Waals surface area contributed by atoms with Crippen molar-refractivity contribution >= 4 is 35.4 Å². The Kier molecular flexibility index (Phi) is 6.27. The van der Waals surface area contributed by atoms with Crippen molar-refractivity contribution in [3.05, 3.63) is 29.8 Å². The highest BCUT2D eigenvalue weighted by molar-refractivity contribution is 6.45. The molecule has 0 saturated carbocycles. The number of nitrogens with one attached hydrogen (secondary N) is 1. The summed E-state index contributed by atoms with van der Waals surface area (Å²) in [4.78, 5) is 61.1. The first kappa shape index (κ1) is 20.1. The molecule has 0 aromatic heterocycles. The van der Waals surface area contributed by atoms with Gasteiger partial charge in [-0.25, -0.2) is 14.5 Å². The van der Waals surface area contributed by atoms with E-state index in [9.17, 15) is 24.0 Å². The summed E-state index contributed by atoms with van der Waals surface area (Å²) in [6, 6.07) is 5.17. The Morgan fingerprint density at radius 2 is 1.63 bits per heavy atom. The predicted octanol–water partition coefficient (Wildman–Crippen LogP) is 1.39. The van der Waals surface area contributed by atoms with Crippen LogP contribution in [0.3, 0.4) is 0 Å². The minimum Gasteiger partial charge on any atom is -0.459 e. The van der Waals surface area contributed by atoms with Crippen molar-refractivity contribution in [1.29, 1.82) is 0 Å². The first-order valence-corrected chi connectivity index (χ1v) is 8.52. The molecule has 1 N–H and O–H groups in total. The molecule has 5 amide bonds. The van der Waals surface area contributed by atoms with Crippen LogP contribution in [0.4, 0.5) is 10.5 Å². The lowest BCUT2D eigenvalue weighted by Crippen LogP contribution is -2.39. The Morgan fingerprint density at radius 1 is 1.04 bits per heavy atom. The second-order valence-electron chi connectivity index (χ2n) is 6.21. The Labute approximate surface area is 156 Å². The zero-order valence-electron chi connectivity index (χ0n) is 15.4. The minimum absolute atomic E-state index is 0.121. The fourth-order valence-electron chi connectivity index (χ4n) is 2.43. The zero-order valence-corrected chi connectivity index (χ0v) is 15.4. The van der Waals surface area contributed by atoms with Gasteiger partial charge in [-0.3, -0.25) is 19.3 Å². The number of carbonyl (C=O) groups is 5. The lowest BCUT2D eigenvalue weighted by Gasteiger charge is -2.14. The lowest BCUT2D eigenvalue weighted by molar-refractivity contribution is -0.143. The van der Waals surface area contributed by atoms with Crippen molar-refractivity contribution in [2.24, 2.45) is 0 Å². The smallest absolute Gasteiger partial charge is 0.338 e. The quantitative estimate of drug-likeness (QED) is 0.438. The molecule has 1 aliphatic rings. The predicted molar refractivity (Wildman–Crippen MR) is 94.7 cm³/mol. The van der Waals surface area contributed by atoms with Crippen molar-refractivity contribution in [3.63, 3.8) is 0 Å². The summed E-state index contributed by atoms with van der Waals surface area (Å²) in [6.07, 6.45) is 0.263. The summed E-state index contributed by atoms with van der Waals surface area (Å²) in [5.74, 6) is -3.07. The van der Waals surface area contributed by atoms with E-state index in [1.807, 2.05) is 0 Å². The van der Waals surface area contributed by atoms with E-state index >= 15 is 0 Å². The third kappa shape index (κ3) is 4.69. The van der Waals surface area contributed by atoms with Crippen molar-refractivity contribution in [2.45, 2.75) is 33.3 Å². The fourth-order valence-corrected chi connectivity index (χ4v) is 2.43. The molecule has 1 aromatic rings. The zero-order chi connectivity index (χ0) is 20.1. The first-order valence-electron chi connectivity index (χ1n) is 8.52. The molecule has 1 fully saturated rings. The first-order chi connectivity index (χ1) is 12.7. The van der Waals surface area contributed by atoms with E-state index in [1.165, 1.54) is 24.3 Å². The number of carbonyl (C=O) groups excluding carboxylic acids is 5. The van der Waals surface area contributed by atoms with Gasteiger partial charge in [0.1, 0.15) is 6.54 Å². The van der Waals surface area contributed by atoms with E-state index in [2.05, 4.69) is 5.32 Å². The molecular formula is C18H21N3O6. The van der Waals surface area contributed by atoms with Crippen molar-refractivity contribution in [1.82, 2.24) is 9.80 Å². The summed E-state index contributed by atoms with van der Waals surface area (Å²) in [7, 11) is 0. The SMILES string of the molecule is CCCN1C(=O)C(=O)N(CC(=O)Nc2ccc(C(=O)OC(C)C)cc2)C1=O. The van der Waals surface area contributed by atoms with Crippen LogP contribution in [0, 0.1) is 0 Å². The van der Waals surface area contributed by atoms with E-state index in [1.54, 1.807) is 20.8 Å². The third-order valence-corrected chi connectivity index (χ3v) is 3.63. The monoisotopic (exact) mass is 375 g/mol. The van der Waals surface area contributed by atoms with Crippen molar-refractivity contribution in [3.8, 4) is 0 Å². The number of esters is 1. The van der Waals surface area contributed by atoms with Crippen LogP contribution < -0.4 is 5.32 Å². The molecule has 0 spiro atoms. The van der Waals surface area contributed by atoms with Gasteiger partial charge in [-0.15, -0.1) is 0 Å². The summed E-state index contributed by atoms with van der Waals surface area (Å²) in [5.41, 5.74) is 0.698. The number of anilines is 1. The van der Waals surface area contributed by atoms with Crippen LogP contribution in [0.25, 0.3) is 0 Å². The fraction of sp³-hybridized carbons (Fsp3) is 0.389. The maximum atomic E-state index is 12.1. The van der Waals surface area contributed by atoms with Gasteiger partial charge in [0.25, 0.3) is 0 Å². The molecule has 1 saturated heterocycles. The Morgan fingerprint density at radius 3 is 2.19 bits per heavy atom. The molecule has 2 rings (SSSR count). The van der Waals surface area contributed by atoms with Gasteiger partial charge in [-0.05, 0) is 44.5 Å². The molecule has 0 bridgehead atoms. The molecule has 9 nitrogen and oxygen atoms in total. The van der Waals surface area contributed by atoms with Gasteiger partial charge in [-0.1, -0.05) is 6.92 Å². The third-order valence-electron chi connectivity index (χ3n) is 3.63. The lowest BCUT2D eigenvalue weighted by atomic mass is 10.2. The van der Waals surface area contributed by atoms with Crippen LogP contribution in [0.15, 0.2) is 24.3 Å². The average molecular weight is 375 g/mol. The van der Waals surface area contributed by atoms with Crippen molar-refractivity contribution < 1.29 is 28.7 Å². The maximum Gasteiger partial charge on any atom is 0.338 e. The van der Waals surface area contributed by atoms with Gasteiger partial charge in [0.2, 0.25) is 5.91 Å². The normalized spacial score (nSPS) is 14.1. The largest absolute Gasteiger partial charge is 0.459 e. The average Bonchev–Trinajstić information content (AvgIpc) is 2.80. The number of hydrogen-bond acceptors (Lipinski definition) is 6. The van der Waals surface area contributed by atoms with E-state index < -0.39 is 36.3 Å². The molecule has 0 unspecified atom stereocenters. The molecule has 9 heteroatoms.